The molecule has 1 unspecified atom stereocenters. The molecule has 1 fully saturated rings. The highest BCUT2D eigenvalue weighted by molar-refractivity contribution is 5.85. The summed E-state index contributed by atoms with van der Waals surface area (Å²) in [4.78, 5) is 2.40. The first-order chi connectivity index (χ1) is 10.3. The van der Waals surface area contributed by atoms with Crippen LogP contribution >= 0.6 is 12.4 Å². The van der Waals surface area contributed by atoms with Crippen LogP contribution in [0.1, 0.15) is 24.2 Å². The van der Waals surface area contributed by atoms with E-state index in [9.17, 15) is 4.39 Å². The standard InChI is InChI=1S/C16H21FN4.ClH/c1-2-21-15(6-7-19-21)12-20-9-8-18-11-16(20)13-4-3-5-14(17)10-13;/h3-7,10,16,18H,2,8-9,11-12H2,1H3;1H. The van der Waals surface area contributed by atoms with E-state index in [2.05, 4.69) is 28.3 Å². The molecule has 1 aromatic carbocycles. The molecule has 1 aliphatic heterocycles. The van der Waals surface area contributed by atoms with Crippen molar-refractivity contribution in [3.63, 3.8) is 0 Å². The van der Waals surface area contributed by atoms with Crippen molar-refractivity contribution in [1.82, 2.24) is 20.0 Å². The molecule has 3 rings (SSSR count). The van der Waals surface area contributed by atoms with E-state index in [0.29, 0.717) is 0 Å². The predicted octanol–water partition coefficient (Wildman–Crippen LogP) is 2.61. The number of benzene rings is 1. The summed E-state index contributed by atoms with van der Waals surface area (Å²) in [5.41, 5.74) is 2.24. The molecule has 1 aliphatic rings. The minimum atomic E-state index is -0.170. The largest absolute Gasteiger partial charge is 0.314 e. The third-order valence-corrected chi connectivity index (χ3v) is 4.06. The first kappa shape index (κ1) is 16.9. The van der Waals surface area contributed by atoms with E-state index in [1.807, 2.05) is 16.9 Å². The van der Waals surface area contributed by atoms with Crippen LogP contribution in [-0.4, -0.2) is 34.3 Å². The van der Waals surface area contributed by atoms with Gasteiger partial charge in [0, 0.05) is 45.0 Å². The Hall–Kier alpha value is -1.43. The third kappa shape index (κ3) is 3.66. The van der Waals surface area contributed by atoms with Gasteiger partial charge in [-0.15, -0.1) is 12.4 Å². The molecule has 0 saturated carbocycles. The van der Waals surface area contributed by atoms with Gasteiger partial charge in [-0.1, -0.05) is 12.1 Å². The molecule has 22 heavy (non-hydrogen) atoms. The maximum Gasteiger partial charge on any atom is 0.123 e. The molecule has 0 radical (unpaired) electrons. The molecule has 1 N–H and O–H groups in total. The second-order valence-electron chi connectivity index (χ2n) is 5.38. The van der Waals surface area contributed by atoms with Crippen LogP contribution in [0.4, 0.5) is 4.39 Å². The van der Waals surface area contributed by atoms with Gasteiger partial charge >= 0.3 is 0 Å². The van der Waals surface area contributed by atoms with Crippen LogP contribution in [0.25, 0.3) is 0 Å². The Balaban J connectivity index is 0.00000176. The monoisotopic (exact) mass is 324 g/mol. The maximum atomic E-state index is 13.5. The molecular weight excluding hydrogens is 303 g/mol. The summed E-state index contributed by atoms with van der Waals surface area (Å²) in [6.07, 6.45) is 1.85. The number of halogens is 2. The Kier molecular flexibility index (Phi) is 5.94. The van der Waals surface area contributed by atoms with Crippen molar-refractivity contribution in [3.05, 3.63) is 53.6 Å². The summed E-state index contributed by atoms with van der Waals surface area (Å²) in [7, 11) is 0. The average Bonchev–Trinajstić information content (AvgIpc) is 2.95. The van der Waals surface area contributed by atoms with E-state index in [0.717, 1.165) is 38.3 Å². The summed E-state index contributed by atoms with van der Waals surface area (Å²) in [6.45, 7) is 6.58. The van der Waals surface area contributed by atoms with Gasteiger partial charge in [-0.05, 0) is 30.7 Å². The second-order valence-corrected chi connectivity index (χ2v) is 5.38. The van der Waals surface area contributed by atoms with Crippen molar-refractivity contribution in [1.29, 1.82) is 0 Å². The summed E-state index contributed by atoms with van der Waals surface area (Å²) in [5.74, 6) is -0.170. The topological polar surface area (TPSA) is 33.1 Å². The van der Waals surface area contributed by atoms with Crippen LogP contribution in [0.2, 0.25) is 0 Å². The molecule has 0 aliphatic carbocycles. The fourth-order valence-electron chi connectivity index (χ4n) is 2.97. The van der Waals surface area contributed by atoms with Crippen LogP contribution < -0.4 is 5.32 Å². The van der Waals surface area contributed by atoms with E-state index in [4.69, 9.17) is 0 Å². The molecule has 1 aromatic heterocycles. The van der Waals surface area contributed by atoms with Crippen LogP contribution in [-0.2, 0) is 13.1 Å². The molecule has 2 heterocycles. The zero-order chi connectivity index (χ0) is 14.7. The van der Waals surface area contributed by atoms with Crippen molar-refractivity contribution in [2.75, 3.05) is 19.6 Å². The lowest BCUT2D eigenvalue weighted by Crippen LogP contribution is -2.45. The van der Waals surface area contributed by atoms with Gasteiger partial charge in [-0.3, -0.25) is 9.58 Å². The number of hydrogen-bond donors (Lipinski definition) is 1. The number of aryl methyl sites for hydroxylation is 1. The Labute approximate surface area is 136 Å². The number of rotatable bonds is 4. The van der Waals surface area contributed by atoms with E-state index in [1.54, 1.807) is 12.1 Å². The highest BCUT2D eigenvalue weighted by Gasteiger charge is 2.24. The zero-order valence-corrected chi connectivity index (χ0v) is 13.5. The molecular formula is C16H22ClFN4. The predicted molar refractivity (Wildman–Crippen MR) is 87.6 cm³/mol. The van der Waals surface area contributed by atoms with Crippen molar-refractivity contribution in [3.8, 4) is 0 Å². The van der Waals surface area contributed by atoms with Gasteiger partial charge in [-0.2, -0.15) is 5.10 Å². The molecule has 2 aromatic rings. The summed E-state index contributed by atoms with van der Waals surface area (Å²) in [5, 5.41) is 7.73. The fourth-order valence-corrected chi connectivity index (χ4v) is 2.97. The fraction of sp³-hybridized carbons (Fsp3) is 0.438. The van der Waals surface area contributed by atoms with Gasteiger partial charge in [0.25, 0.3) is 0 Å². The highest BCUT2D eigenvalue weighted by Crippen LogP contribution is 2.24. The Morgan fingerprint density at radius 2 is 2.23 bits per heavy atom. The van der Waals surface area contributed by atoms with Crippen LogP contribution in [0.15, 0.2) is 36.5 Å². The first-order valence-corrected chi connectivity index (χ1v) is 7.49. The second kappa shape index (κ2) is 7.72. The van der Waals surface area contributed by atoms with E-state index in [-0.39, 0.29) is 24.3 Å². The number of nitrogens with zero attached hydrogens (tertiary/aromatic N) is 3. The minimum absolute atomic E-state index is 0. The van der Waals surface area contributed by atoms with E-state index < -0.39 is 0 Å². The van der Waals surface area contributed by atoms with Gasteiger partial charge in [-0.25, -0.2) is 4.39 Å². The lowest BCUT2D eigenvalue weighted by atomic mass is 10.0. The lowest BCUT2D eigenvalue weighted by molar-refractivity contribution is 0.149. The number of nitrogens with one attached hydrogen (secondary N) is 1. The van der Waals surface area contributed by atoms with E-state index in [1.165, 1.54) is 11.8 Å². The van der Waals surface area contributed by atoms with Crippen molar-refractivity contribution >= 4 is 12.4 Å². The SMILES string of the molecule is CCn1nccc1CN1CCNCC1c1cccc(F)c1.Cl. The first-order valence-electron chi connectivity index (χ1n) is 7.49. The number of aromatic nitrogens is 2. The Bertz CT molecular complexity index is 601. The molecule has 0 amide bonds. The maximum absolute atomic E-state index is 13.5. The van der Waals surface area contributed by atoms with Crippen LogP contribution in [0, 0.1) is 5.82 Å². The molecule has 4 nitrogen and oxygen atoms in total. The normalized spacial score (nSPS) is 18.9. The van der Waals surface area contributed by atoms with Crippen molar-refractivity contribution < 1.29 is 4.39 Å². The van der Waals surface area contributed by atoms with Gasteiger partial charge in [0.1, 0.15) is 5.82 Å². The Morgan fingerprint density at radius 1 is 1.36 bits per heavy atom. The van der Waals surface area contributed by atoms with Crippen LogP contribution in [0.5, 0.6) is 0 Å². The summed E-state index contributed by atoms with van der Waals surface area (Å²) >= 11 is 0. The zero-order valence-electron chi connectivity index (χ0n) is 12.7. The van der Waals surface area contributed by atoms with Crippen LogP contribution in [0.3, 0.4) is 0 Å². The van der Waals surface area contributed by atoms with Crippen molar-refractivity contribution in [2.24, 2.45) is 0 Å². The number of hydrogen-bond acceptors (Lipinski definition) is 3. The van der Waals surface area contributed by atoms with Gasteiger partial charge in [0.05, 0.1) is 5.69 Å². The minimum Gasteiger partial charge on any atom is -0.314 e. The highest BCUT2D eigenvalue weighted by atomic mass is 35.5. The summed E-state index contributed by atoms with van der Waals surface area (Å²) in [6, 6.07) is 9.19. The van der Waals surface area contributed by atoms with E-state index >= 15 is 0 Å². The van der Waals surface area contributed by atoms with Gasteiger partial charge in [0.15, 0.2) is 0 Å². The van der Waals surface area contributed by atoms with Gasteiger partial charge < -0.3 is 5.32 Å². The molecule has 120 valence electrons. The quantitative estimate of drug-likeness (QED) is 0.938. The van der Waals surface area contributed by atoms with Gasteiger partial charge in [0.2, 0.25) is 0 Å². The third-order valence-electron chi connectivity index (χ3n) is 4.06. The molecule has 0 bridgehead atoms. The smallest absolute Gasteiger partial charge is 0.123 e. The lowest BCUT2D eigenvalue weighted by Gasteiger charge is -2.36. The van der Waals surface area contributed by atoms with Crippen molar-refractivity contribution in [2.45, 2.75) is 26.1 Å². The molecule has 1 saturated heterocycles. The molecule has 1 atom stereocenters. The molecule has 6 heteroatoms. The molecule has 0 spiro atoms. The Morgan fingerprint density at radius 3 is 3.00 bits per heavy atom. The number of piperazine rings is 1. The average molecular weight is 325 g/mol. The summed E-state index contributed by atoms with van der Waals surface area (Å²) < 4.78 is 15.5.